The Bertz CT molecular complexity index is 625. The van der Waals surface area contributed by atoms with Gasteiger partial charge in [-0.15, -0.1) is 0 Å². The lowest BCUT2D eigenvalue weighted by Gasteiger charge is -2.07. The fourth-order valence-corrected chi connectivity index (χ4v) is 2.54. The number of carbonyl (C=O) groups excluding carboxylic acids is 1. The molecule has 0 atom stereocenters. The summed E-state index contributed by atoms with van der Waals surface area (Å²) in [6.07, 6.45) is 0. The lowest BCUT2D eigenvalue weighted by Crippen LogP contribution is -2.15. The molecule has 1 aromatic heterocycles. The van der Waals surface area contributed by atoms with E-state index in [1.807, 2.05) is 13.8 Å². The number of benzene rings is 1. The fourth-order valence-electron chi connectivity index (χ4n) is 2.54. The van der Waals surface area contributed by atoms with Crippen molar-refractivity contribution in [3.8, 4) is 5.75 Å². The molecule has 0 radical (unpaired) electrons. The van der Waals surface area contributed by atoms with E-state index >= 15 is 0 Å². The molecule has 0 saturated carbocycles. The summed E-state index contributed by atoms with van der Waals surface area (Å²) in [6.45, 7) is 8.11. The molecule has 0 unspecified atom stereocenters. The van der Waals surface area contributed by atoms with Crippen molar-refractivity contribution in [3.63, 3.8) is 0 Å². The number of rotatable bonds is 3. The van der Waals surface area contributed by atoms with Crippen LogP contribution in [0.5, 0.6) is 5.75 Å². The van der Waals surface area contributed by atoms with Crippen LogP contribution < -0.4 is 4.74 Å². The third-order valence-electron chi connectivity index (χ3n) is 3.45. The van der Waals surface area contributed by atoms with Gasteiger partial charge in [-0.1, -0.05) is 13.8 Å². The zero-order chi connectivity index (χ0) is 14.9. The molecule has 0 spiro atoms. The van der Waals surface area contributed by atoms with Gasteiger partial charge in [-0.3, -0.25) is 4.79 Å². The third-order valence-corrected chi connectivity index (χ3v) is 3.45. The van der Waals surface area contributed by atoms with Gasteiger partial charge in [0, 0.05) is 11.3 Å². The van der Waals surface area contributed by atoms with Gasteiger partial charge in [0.2, 0.25) is 0 Å². The zero-order valence-electron chi connectivity index (χ0n) is 12.6. The van der Waals surface area contributed by atoms with Crippen LogP contribution in [0.1, 0.15) is 47.1 Å². The summed E-state index contributed by atoms with van der Waals surface area (Å²) in [4.78, 5) is 12.5. The number of aryl methyl sites for hydroxylation is 1. The van der Waals surface area contributed by atoms with Crippen LogP contribution >= 0.6 is 0 Å². The number of hydrogen-bond donors (Lipinski definition) is 0. The largest absolute Gasteiger partial charge is 0.497 e. The van der Waals surface area contributed by atoms with Gasteiger partial charge in [0.25, 0.3) is 5.91 Å². The van der Waals surface area contributed by atoms with E-state index in [1.54, 1.807) is 31.4 Å². The molecular weight excluding hydrogens is 252 g/mol. The van der Waals surface area contributed by atoms with Crippen LogP contribution in [0.4, 0.5) is 0 Å². The van der Waals surface area contributed by atoms with Crippen LogP contribution in [-0.2, 0) is 0 Å². The van der Waals surface area contributed by atoms with Gasteiger partial charge in [-0.05, 0) is 49.6 Å². The minimum absolute atomic E-state index is 0.111. The topological polar surface area (TPSA) is 44.1 Å². The fraction of sp³-hybridized carbons (Fsp3) is 0.375. The average Bonchev–Trinajstić information content (AvgIpc) is 2.73. The maximum atomic E-state index is 12.5. The van der Waals surface area contributed by atoms with Crippen molar-refractivity contribution in [1.29, 1.82) is 0 Å². The first kappa shape index (κ1) is 14.3. The standard InChI is InChI=1S/C16H20N2O2/c1-10(2)15-11(3)17-18(12(15)4)16(19)13-6-8-14(20-5)9-7-13/h6-10H,1-5H3. The third kappa shape index (κ3) is 2.46. The van der Waals surface area contributed by atoms with Gasteiger partial charge >= 0.3 is 0 Å². The highest BCUT2D eigenvalue weighted by atomic mass is 16.5. The molecule has 0 N–H and O–H groups in total. The Hall–Kier alpha value is -2.10. The molecule has 2 rings (SSSR count). The highest BCUT2D eigenvalue weighted by molar-refractivity contribution is 5.96. The van der Waals surface area contributed by atoms with E-state index < -0.39 is 0 Å². The van der Waals surface area contributed by atoms with Crippen molar-refractivity contribution in [2.24, 2.45) is 0 Å². The molecule has 1 aromatic carbocycles. The molecule has 0 amide bonds. The molecule has 0 aliphatic carbocycles. The number of aromatic nitrogens is 2. The van der Waals surface area contributed by atoms with Crippen molar-refractivity contribution in [2.75, 3.05) is 7.11 Å². The molecule has 0 aliphatic heterocycles. The van der Waals surface area contributed by atoms with E-state index in [2.05, 4.69) is 18.9 Å². The summed E-state index contributed by atoms with van der Waals surface area (Å²) in [5.41, 5.74) is 3.58. The lowest BCUT2D eigenvalue weighted by atomic mass is 10.0. The van der Waals surface area contributed by atoms with Gasteiger partial charge in [-0.25, -0.2) is 4.68 Å². The molecule has 106 valence electrons. The minimum atomic E-state index is -0.111. The molecule has 4 nitrogen and oxygen atoms in total. The van der Waals surface area contributed by atoms with E-state index in [9.17, 15) is 4.79 Å². The first-order chi connectivity index (χ1) is 9.45. The smallest absolute Gasteiger partial charge is 0.278 e. The second-order valence-corrected chi connectivity index (χ2v) is 5.18. The SMILES string of the molecule is COc1ccc(C(=O)n2nc(C)c(C(C)C)c2C)cc1. The molecule has 1 heterocycles. The summed E-state index contributed by atoms with van der Waals surface area (Å²) in [7, 11) is 1.60. The normalized spacial score (nSPS) is 10.9. The van der Waals surface area contributed by atoms with Crippen molar-refractivity contribution in [2.45, 2.75) is 33.6 Å². The van der Waals surface area contributed by atoms with E-state index in [1.165, 1.54) is 4.68 Å². The Morgan fingerprint density at radius 2 is 1.80 bits per heavy atom. The number of ether oxygens (including phenoxy) is 1. The van der Waals surface area contributed by atoms with E-state index in [0.717, 1.165) is 22.7 Å². The number of carbonyl (C=O) groups is 1. The number of methoxy groups -OCH3 is 1. The first-order valence-corrected chi connectivity index (χ1v) is 6.70. The molecule has 2 aromatic rings. The van der Waals surface area contributed by atoms with Gasteiger partial charge in [0.15, 0.2) is 0 Å². The monoisotopic (exact) mass is 272 g/mol. The van der Waals surface area contributed by atoms with Crippen molar-refractivity contribution >= 4 is 5.91 Å². The van der Waals surface area contributed by atoms with Crippen LogP contribution in [-0.4, -0.2) is 22.8 Å². The lowest BCUT2D eigenvalue weighted by molar-refractivity contribution is 0.0942. The highest BCUT2D eigenvalue weighted by Crippen LogP contribution is 2.23. The Balaban J connectivity index is 2.40. The summed E-state index contributed by atoms with van der Waals surface area (Å²) >= 11 is 0. The quantitative estimate of drug-likeness (QED) is 0.861. The zero-order valence-corrected chi connectivity index (χ0v) is 12.6. The Morgan fingerprint density at radius 3 is 2.25 bits per heavy atom. The van der Waals surface area contributed by atoms with Gasteiger partial charge in [-0.2, -0.15) is 5.10 Å². The summed E-state index contributed by atoms with van der Waals surface area (Å²) in [5.74, 6) is 0.977. The van der Waals surface area contributed by atoms with Crippen LogP contribution in [0.2, 0.25) is 0 Å². The molecule has 20 heavy (non-hydrogen) atoms. The predicted octanol–water partition coefficient (Wildman–Crippen LogP) is 3.32. The Morgan fingerprint density at radius 1 is 1.20 bits per heavy atom. The molecule has 0 saturated heterocycles. The van der Waals surface area contributed by atoms with Crippen molar-refractivity contribution in [3.05, 3.63) is 46.8 Å². The molecule has 0 fully saturated rings. The van der Waals surface area contributed by atoms with Gasteiger partial charge in [0.1, 0.15) is 5.75 Å². The van der Waals surface area contributed by atoms with Crippen molar-refractivity contribution in [1.82, 2.24) is 9.78 Å². The van der Waals surface area contributed by atoms with E-state index in [0.29, 0.717) is 11.5 Å². The molecule has 0 bridgehead atoms. The second-order valence-electron chi connectivity index (χ2n) is 5.18. The van der Waals surface area contributed by atoms with Gasteiger partial charge < -0.3 is 4.74 Å². The Kier molecular flexibility index (Phi) is 3.93. The Labute approximate surface area is 119 Å². The van der Waals surface area contributed by atoms with Gasteiger partial charge in [0.05, 0.1) is 12.8 Å². The summed E-state index contributed by atoms with van der Waals surface area (Å²) in [5, 5.41) is 4.39. The minimum Gasteiger partial charge on any atom is -0.497 e. The maximum Gasteiger partial charge on any atom is 0.278 e. The number of nitrogens with zero attached hydrogens (tertiary/aromatic N) is 2. The van der Waals surface area contributed by atoms with E-state index in [4.69, 9.17) is 4.74 Å². The number of hydrogen-bond acceptors (Lipinski definition) is 3. The van der Waals surface area contributed by atoms with Crippen LogP contribution in [0, 0.1) is 13.8 Å². The van der Waals surface area contributed by atoms with Crippen LogP contribution in [0.3, 0.4) is 0 Å². The average molecular weight is 272 g/mol. The second kappa shape index (κ2) is 5.49. The van der Waals surface area contributed by atoms with Crippen LogP contribution in [0.15, 0.2) is 24.3 Å². The predicted molar refractivity (Wildman–Crippen MR) is 78.5 cm³/mol. The first-order valence-electron chi connectivity index (χ1n) is 6.70. The summed E-state index contributed by atoms with van der Waals surface area (Å²) in [6, 6.07) is 7.07. The summed E-state index contributed by atoms with van der Waals surface area (Å²) < 4.78 is 6.59. The molecule has 4 heteroatoms. The molecular formula is C16H20N2O2. The van der Waals surface area contributed by atoms with Crippen LogP contribution in [0.25, 0.3) is 0 Å². The maximum absolute atomic E-state index is 12.5. The van der Waals surface area contributed by atoms with E-state index in [-0.39, 0.29) is 5.91 Å². The van der Waals surface area contributed by atoms with Crippen molar-refractivity contribution < 1.29 is 9.53 Å². The highest BCUT2D eigenvalue weighted by Gasteiger charge is 2.19. The molecule has 0 aliphatic rings.